The van der Waals surface area contributed by atoms with Crippen molar-refractivity contribution in [3.8, 4) is 0 Å². The minimum absolute atomic E-state index is 0.309. The van der Waals surface area contributed by atoms with Gasteiger partial charge in [0.15, 0.2) is 0 Å². The van der Waals surface area contributed by atoms with Crippen LogP contribution < -0.4 is 5.73 Å². The van der Waals surface area contributed by atoms with Crippen LogP contribution in [0.3, 0.4) is 0 Å². The number of H-pyrrole nitrogens is 1. The summed E-state index contributed by atoms with van der Waals surface area (Å²) in [5.74, 6) is 0. The summed E-state index contributed by atoms with van der Waals surface area (Å²) >= 11 is 0. The van der Waals surface area contributed by atoms with Crippen LogP contribution in [-0.4, -0.2) is 34.5 Å². The summed E-state index contributed by atoms with van der Waals surface area (Å²) in [5, 5.41) is 0. The maximum Gasteiger partial charge on any atom is 0.0925 e. The van der Waals surface area contributed by atoms with E-state index in [9.17, 15) is 0 Å². The summed E-state index contributed by atoms with van der Waals surface area (Å²) in [6.07, 6.45) is 4.34. The van der Waals surface area contributed by atoms with Crippen LogP contribution in [0.4, 0.5) is 0 Å². The van der Waals surface area contributed by atoms with Crippen molar-refractivity contribution in [2.24, 2.45) is 5.73 Å². The lowest BCUT2D eigenvalue weighted by Gasteiger charge is -2.25. The van der Waals surface area contributed by atoms with Crippen molar-refractivity contribution in [2.45, 2.75) is 25.8 Å². The van der Waals surface area contributed by atoms with Crippen LogP contribution in [-0.2, 0) is 0 Å². The van der Waals surface area contributed by atoms with E-state index in [1.54, 1.807) is 6.33 Å². The zero-order chi connectivity index (χ0) is 9.97. The lowest BCUT2D eigenvalue weighted by Crippen LogP contribution is -2.32. The van der Waals surface area contributed by atoms with Crippen molar-refractivity contribution < 1.29 is 0 Å². The van der Waals surface area contributed by atoms with Gasteiger partial charge in [0.1, 0.15) is 0 Å². The maximum absolute atomic E-state index is 5.82. The second-order valence-electron chi connectivity index (χ2n) is 3.91. The third-order valence-corrected chi connectivity index (χ3v) is 2.99. The summed E-state index contributed by atoms with van der Waals surface area (Å²) in [5.41, 5.74) is 8.08. The molecular weight excluding hydrogens is 176 g/mol. The van der Waals surface area contributed by atoms with Crippen LogP contribution in [0.25, 0.3) is 0 Å². The number of aromatic amines is 1. The molecule has 0 radical (unpaired) electrons. The van der Waals surface area contributed by atoms with Gasteiger partial charge >= 0.3 is 0 Å². The Morgan fingerprint density at radius 3 is 2.79 bits per heavy atom. The number of rotatable bonds is 3. The molecule has 1 unspecified atom stereocenters. The molecule has 0 amide bonds. The van der Waals surface area contributed by atoms with E-state index in [1.165, 1.54) is 12.8 Å². The Morgan fingerprint density at radius 2 is 2.29 bits per heavy atom. The maximum atomic E-state index is 5.82. The first-order chi connectivity index (χ1) is 6.83. The van der Waals surface area contributed by atoms with E-state index in [2.05, 4.69) is 21.8 Å². The van der Waals surface area contributed by atoms with Gasteiger partial charge in [0.25, 0.3) is 0 Å². The molecule has 1 aliphatic rings. The number of likely N-dealkylation sites (tertiary alicyclic amines) is 1. The fraction of sp³-hybridized carbons (Fsp3) is 0.700. The van der Waals surface area contributed by atoms with Crippen LogP contribution in [0.15, 0.2) is 6.33 Å². The highest BCUT2D eigenvalue weighted by Crippen LogP contribution is 2.24. The topological polar surface area (TPSA) is 57.9 Å². The summed E-state index contributed by atoms with van der Waals surface area (Å²) < 4.78 is 0. The largest absolute Gasteiger partial charge is 0.348 e. The van der Waals surface area contributed by atoms with Crippen LogP contribution >= 0.6 is 0 Å². The first-order valence-electron chi connectivity index (χ1n) is 5.27. The number of nitrogens with two attached hydrogens (primary N) is 1. The van der Waals surface area contributed by atoms with Crippen LogP contribution in [0.2, 0.25) is 0 Å². The van der Waals surface area contributed by atoms with Gasteiger partial charge in [-0.2, -0.15) is 0 Å². The quantitative estimate of drug-likeness (QED) is 0.748. The molecule has 4 heteroatoms. The number of hydrogen-bond donors (Lipinski definition) is 2. The molecule has 0 spiro atoms. The van der Waals surface area contributed by atoms with Crippen molar-refractivity contribution in [1.29, 1.82) is 0 Å². The minimum Gasteiger partial charge on any atom is -0.348 e. The second kappa shape index (κ2) is 4.11. The third kappa shape index (κ3) is 1.67. The molecule has 2 heterocycles. The van der Waals surface area contributed by atoms with Gasteiger partial charge in [0.2, 0.25) is 0 Å². The van der Waals surface area contributed by atoms with Gasteiger partial charge in [-0.05, 0) is 32.9 Å². The zero-order valence-corrected chi connectivity index (χ0v) is 8.66. The number of hydrogen-bond acceptors (Lipinski definition) is 3. The van der Waals surface area contributed by atoms with Crippen molar-refractivity contribution in [2.75, 3.05) is 19.6 Å². The predicted molar refractivity (Wildman–Crippen MR) is 55.9 cm³/mol. The summed E-state index contributed by atoms with van der Waals surface area (Å²) in [7, 11) is 0. The van der Waals surface area contributed by atoms with E-state index < -0.39 is 0 Å². The molecular formula is C10H18N4. The third-order valence-electron chi connectivity index (χ3n) is 2.99. The normalized spacial score (nSPS) is 20.1. The fourth-order valence-electron chi connectivity index (χ4n) is 2.19. The number of nitrogens with one attached hydrogen (secondary N) is 1. The number of nitrogens with zero attached hydrogens (tertiary/aromatic N) is 2. The lowest BCUT2D eigenvalue weighted by molar-refractivity contribution is 0.246. The minimum atomic E-state index is 0.309. The Bertz CT molecular complexity index is 288. The number of aryl methyl sites for hydroxylation is 1. The monoisotopic (exact) mass is 194 g/mol. The smallest absolute Gasteiger partial charge is 0.0925 e. The molecule has 1 atom stereocenters. The molecule has 0 aliphatic carbocycles. The number of aromatic nitrogens is 2. The molecule has 78 valence electrons. The molecule has 2 rings (SSSR count). The molecule has 0 aromatic carbocycles. The average molecular weight is 194 g/mol. The Balaban J connectivity index is 2.16. The predicted octanol–water partition coefficient (Wildman–Crippen LogP) is 0.814. The van der Waals surface area contributed by atoms with Gasteiger partial charge in [0.05, 0.1) is 18.1 Å². The SMILES string of the molecule is Cc1[nH]cnc1C(CN)N1CCCC1. The standard InChI is InChI=1S/C10H18N4/c1-8-10(13-7-12-8)9(6-11)14-4-2-3-5-14/h7,9H,2-6,11H2,1H3,(H,12,13). The van der Waals surface area contributed by atoms with E-state index in [4.69, 9.17) is 5.73 Å². The molecule has 3 N–H and O–H groups in total. The highest BCUT2D eigenvalue weighted by molar-refractivity contribution is 5.14. The molecule has 1 saturated heterocycles. The van der Waals surface area contributed by atoms with Crippen molar-refractivity contribution in [1.82, 2.24) is 14.9 Å². The molecule has 0 bridgehead atoms. The Kier molecular flexibility index (Phi) is 2.84. The van der Waals surface area contributed by atoms with Crippen molar-refractivity contribution in [3.05, 3.63) is 17.7 Å². The van der Waals surface area contributed by atoms with E-state index in [0.29, 0.717) is 12.6 Å². The van der Waals surface area contributed by atoms with E-state index in [0.717, 1.165) is 24.5 Å². The van der Waals surface area contributed by atoms with Crippen molar-refractivity contribution in [3.63, 3.8) is 0 Å². The number of imidazole rings is 1. The molecule has 1 fully saturated rings. The zero-order valence-electron chi connectivity index (χ0n) is 8.66. The fourth-order valence-corrected chi connectivity index (χ4v) is 2.19. The van der Waals surface area contributed by atoms with Crippen LogP contribution in [0.5, 0.6) is 0 Å². The first-order valence-corrected chi connectivity index (χ1v) is 5.27. The van der Waals surface area contributed by atoms with Crippen molar-refractivity contribution >= 4 is 0 Å². The van der Waals surface area contributed by atoms with E-state index in [-0.39, 0.29) is 0 Å². The van der Waals surface area contributed by atoms with E-state index >= 15 is 0 Å². The summed E-state index contributed by atoms with van der Waals surface area (Å²) in [6, 6.07) is 0.309. The van der Waals surface area contributed by atoms with Gasteiger partial charge in [-0.15, -0.1) is 0 Å². The van der Waals surface area contributed by atoms with Gasteiger partial charge in [-0.25, -0.2) is 4.98 Å². The Hall–Kier alpha value is -0.870. The van der Waals surface area contributed by atoms with Gasteiger partial charge in [0, 0.05) is 12.2 Å². The van der Waals surface area contributed by atoms with Gasteiger partial charge < -0.3 is 10.7 Å². The summed E-state index contributed by atoms with van der Waals surface area (Å²) in [6.45, 7) is 5.04. The van der Waals surface area contributed by atoms with Crippen LogP contribution in [0.1, 0.15) is 30.3 Å². The molecule has 1 aromatic rings. The first kappa shape index (κ1) is 9.68. The highest BCUT2D eigenvalue weighted by Gasteiger charge is 2.24. The highest BCUT2D eigenvalue weighted by atomic mass is 15.2. The van der Waals surface area contributed by atoms with Gasteiger partial charge in [-0.1, -0.05) is 0 Å². The molecule has 14 heavy (non-hydrogen) atoms. The second-order valence-corrected chi connectivity index (χ2v) is 3.91. The lowest BCUT2D eigenvalue weighted by atomic mass is 10.1. The Labute approximate surface area is 84.5 Å². The van der Waals surface area contributed by atoms with Crippen LogP contribution in [0, 0.1) is 6.92 Å². The average Bonchev–Trinajstić information content (AvgIpc) is 2.80. The van der Waals surface area contributed by atoms with Gasteiger partial charge in [-0.3, -0.25) is 4.90 Å². The van der Waals surface area contributed by atoms with E-state index in [1.807, 2.05) is 0 Å². The molecule has 4 nitrogen and oxygen atoms in total. The summed E-state index contributed by atoms with van der Waals surface area (Å²) in [4.78, 5) is 9.90. The molecule has 1 aromatic heterocycles. The molecule has 1 aliphatic heterocycles. The molecule has 0 saturated carbocycles. The Morgan fingerprint density at radius 1 is 1.57 bits per heavy atom.